The van der Waals surface area contributed by atoms with Gasteiger partial charge in [0.1, 0.15) is 0 Å². The van der Waals surface area contributed by atoms with Crippen LogP contribution >= 0.6 is 24.0 Å². The van der Waals surface area contributed by atoms with Gasteiger partial charge in [-0.15, -0.1) is 24.0 Å². The standard InChI is InChI=1S/C24H38N4O3.HI/c1-5-25-24(27-19-13-14-28(16-19)23(29)17(2)3)26-15-18-9-8-12-21(30-4)22(18)31-20-10-6-7-11-20;/h8-9,12,17,19-20H,5-7,10-11,13-16H2,1-4H3,(H2,25,26,27);1H. The maximum absolute atomic E-state index is 12.3. The highest BCUT2D eigenvalue weighted by atomic mass is 127. The van der Waals surface area contributed by atoms with Crippen molar-refractivity contribution in [3.05, 3.63) is 23.8 Å². The number of rotatable bonds is 8. The summed E-state index contributed by atoms with van der Waals surface area (Å²) in [4.78, 5) is 19.0. The second-order valence-electron chi connectivity index (χ2n) is 8.74. The van der Waals surface area contributed by atoms with E-state index in [9.17, 15) is 4.79 Å². The smallest absolute Gasteiger partial charge is 0.225 e. The van der Waals surface area contributed by atoms with E-state index >= 15 is 0 Å². The van der Waals surface area contributed by atoms with Gasteiger partial charge in [-0.2, -0.15) is 0 Å². The number of para-hydroxylation sites is 1. The predicted molar refractivity (Wildman–Crippen MR) is 139 cm³/mol. The molecule has 32 heavy (non-hydrogen) atoms. The Labute approximate surface area is 209 Å². The highest BCUT2D eigenvalue weighted by Crippen LogP contribution is 2.35. The molecule has 0 radical (unpaired) electrons. The van der Waals surface area contributed by atoms with Gasteiger partial charge < -0.3 is 25.0 Å². The lowest BCUT2D eigenvalue weighted by atomic mass is 10.1. The van der Waals surface area contributed by atoms with Crippen LogP contribution < -0.4 is 20.1 Å². The van der Waals surface area contributed by atoms with Crippen molar-refractivity contribution < 1.29 is 14.3 Å². The third-order valence-corrected chi connectivity index (χ3v) is 5.95. The molecule has 1 saturated heterocycles. The van der Waals surface area contributed by atoms with Crippen LogP contribution in [-0.4, -0.2) is 55.7 Å². The second-order valence-corrected chi connectivity index (χ2v) is 8.74. The van der Waals surface area contributed by atoms with Crippen LogP contribution in [0.25, 0.3) is 0 Å². The van der Waals surface area contributed by atoms with Crippen molar-refractivity contribution in [2.45, 2.75) is 71.6 Å². The molecule has 0 spiro atoms. The van der Waals surface area contributed by atoms with E-state index in [4.69, 9.17) is 14.5 Å². The number of amides is 1. The molecule has 2 aliphatic rings. The number of nitrogens with one attached hydrogen (secondary N) is 2. The van der Waals surface area contributed by atoms with Crippen molar-refractivity contribution in [3.8, 4) is 11.5 Å². The van der Waals surface area contributed by atoms with Crippen molar-refractivity contribution in [1.29, 1.82) is 0 Å². The molecule has 8 heteroatoms. The fourth-order valence-corrected chi connectivity index (χ4v) is 4.27. The van der Waals surface area contributed by atoms with Gasteiger partial charge in [0, 0.05) is 37.2 Å². The highest BCUT2D eigenvalue weighted by Gasteiger charge is 2.28. The second kappa shape index (κ2) is 13.1. The number of ether oxygens (including phenoxy) is 2. The monoisotopic (exact) mass is 558 g/mol. The Hall–Kier alpha value is -1.71. The molecular formula is C24H39IN4O3. The van der Waals surface area contributed by atoms with Gasteiger partial charge in [-0.1, -0.05) is 26.0 Å². The number of methoxy groups -OCH3 is 1. The van der Waals surface area contributed by atoms with Crippen molar-refractivity contribution in [1.82, 2.24) is 15.5 Å². The lowest BCUT2D eigenvalue weighted by Crippen LogP contribution is -2.45. The summed E-state index contributed by atoms with van der Waals surface area (Å²) in [7, 11) is 1.68. The first-order valence-corrected chi connectivity index (χ1v) is 11.7. The third-order valence-electron chi connectivity index (χ3n) is 5.95. The summed E-state index contributed by atoms with van der Waals surface area (Å²) >= 11 is 0. The normalized spacial score (nSPS) is 19.1. The van der Waals surface area contributed by atoms with Crippen molar-refractivity contribution >= 4 is 35.8 Å². The Balaban J connectivity index is 0.00000363. The third kappa shape index (κ3) is 7.15. The van der Waals surface area contributed by atoms with Gasteiger partial charge in [0.25, 0.3) is 0 Å². The van der Waals surface area contributed by atoms with Crippen LogP contribution in [0, 0.1) is 5.92 Å². The molecule has 1 unspecified atom stereocenters. The Morgan fingerprint density at radius 2 is 2.00 bits per heavy atom. The number of benzene rings is 1. The maximum Gasteiger partial charge on any atom is 0.225 e. The Morgan fingerprint density at radius 3 is 2.66 bits per heavy atom. The minimum absolute atomic E-state index is 0. The van der Waals surface area contributed by atoms with E-state index in [1.54, 1.807) is 7.11 Å². The molecule has 1 aliphatic heterocycles. The predicted octanol–water partition coefficient (Wildman–Crippen LogP) is 3.95. The molecule has 2 N–H and O–H groups in total. The number of aliphatic imine (C=N–C) groups is 1. The molecule has 180 valence electrons. The summed E-state index contributed by atoms with van der Waals surface area (Å²) < 4.78 is 11.9. The van der Waals surface area contributed by atoms with Gasteiger partial charge in [-0.25, -0.2) is 4.99 Å². The van der Waals surface area contributed by atoms with Gasteiger partial charge in [0.05, 0.1) is 19.8 Å². The summed E-state index contributed by atoms with van der Waals surface area (Å²) in [5.74, 6) is 2.59. The highest BCUT2D eigenvalue weighted by molar-refractivity contribution is 14.0. The molecule has 1 amide bonds. The van der Waals surface area contributed by atoms with E-state index in [1.807, 2.05) is 30.9 Å². The zero-order valence-electron chi connectivity index (χ0n) is 19.9. The number of carbonyl (C=O) groups is 1. The molecule has 1 atom stereocenters. The van der Waals surface area contributed by atoms with Crippen molar-refractivity contribution in [2.75, 3.05) is 26.7 Å². The SMILES string of the molecule is CCNC(=NCc1cccc(OC)c1OC1CCCC1)NC1CCN(C(=O)C(C)C)C1.I. The topological polar surface area (TPSA) is 75.2 Å². The zero-order chi connectivity index (χ0) is 22.2. The van der Waals surface area contributed by atoms with E-state index in [-0.39, 0.29) is 47.9 Å². The van der Waals surface area contributed by atoms with Crippen LogP contribution in [0.5, 0.6) is 11.5 Å². The fraction of sp³-hybridized carbons (Fsp3) is 0.667. The van der Waals surface area contributed by atoms with Crippen LogP contribution in [0.2, 0.25) is 0 Å². The molecule has 0 aromatic heterocycles. The summed E-state index contributed by atoms with van der Waals surface area (Å²) in [5.41, 5.74) is 1.02. The summed E-state index contributed by atoms with van der Waals surface area (Å²) in [6, 6.07) is 6.19. The van der Waals surface area contributed by atoms with Crippen LogP contribution in [0.4, 0.5) is 0 Å². The molecular weight excluding hydrogens is 519 g/mol. The van der Waals surface area contributed by atoms with Gasteiger partial charge in [-0.05, 0) is 45.1 Å². The number of hydrogen-bond donors (Lipinski definition) is 2. The Bertz CT molecular complexity index is 766. The number of nitrogens with zero attached hydrogens (tertiary/aromatic N) is 2. The number of hydrogen-bond acceptors (Lipinski definition) is 4. The van der Waals surface area contributed by atoms with E-state index in [0.717, 1.165) is 61.9 Å². The molecule has 1 aliphatic carbocycles. The van der Waals surface area contributed by atoms with E-state index in [1.165, 1.54) is 12.8 Å². The molecule has 3 rings (SSSR count). The van der Waals surface area contributed by atoms with Gasteiger partial charge >= 0.3 is 0 Å². The van der Waals surface area contributed by atoms with Crippen LogP contribution in [0.15, 0.2) is 23.2 Å². The first kappa shape index (κ1) is 26.5. The van der Waals surface area contributed by atoms with Crippen molar-refractivity contribution in [2.24, 2.45) is 10.9 Å². The Kier molecular flexibility index (Phi) is 10.9. The lowest BCUT2D eigenvalue weighted by Gasteiger charge is -2.21. The number of likely N-dealkylation sites (tertiary alicyclic amines) is 1. The summed E-state index contributed by atoms with van der Waals surface area (Å²) in [6.45, 7) is 8.75. The first-order chi connectivity index (χ1) is 15.0. The quantitative estimate of drug-likeness (QED) is 0.287. The molecule has 0 bridgehead atoms. The van der Waals surface area contributed by atoms with Gasteiger partial charge in [-0.3, -0.25) is 4.79 Å². The maximum atomic E-state index is 12.3. The molecule has 7 nitrogen and oxygen atoms in total. The van der Waals surface area contributed by atoms with E-state index in [2.05, 4.69) is 23.6 Å². The number of guanidine groups is 1. The average Bonchev–Trinajstić information content (AvgIpc) is 3.44. The van der Waals surface area contributed by atoms with E-state index < -0.39 is 0 Å². The minimum atomic E-state index is 0. The van der Waals surface area contributed by atoms with Crippen LogP contribution in [0.3, 0.4) is 0 Å². The van der Waals surface area contributed by atoms with Crippen LogP contribution in [-0.2, 0) is 11.3 Å². The van der Waals surface area contributed by atoms with Crippen molar-refractivity contribution in [3.63, 3.8) is 0 Å². The zero-order valence-corrected chi connectivity index (χ0v) is 22.2. The summed E-state index contributed by atoms with van der Waals surface area (Å²) in [5, 5.41) is 6.84. The Morgan fingerprint density at radius 1 is 1.25 bits per heavy atom. The molecule has 1 saturated carbocycles. The molecule has 1 heterocycles. The fourth-order valence-electron chi connectivity index (χ4n) is 4.27. The van der Waals surface area contributed by atoms with Gasteiger partial charge in [0.2, 0.25) is 5.91 Å². The number of halogens is 1. The van der Waals surface area contributed by atoms with E-state index in [0.29, 0.717) is 6.54 Å². The number of carbonyl (C=O) groups excluding carboxylic acids is 1. The summed E-state index contributed by atoms with van der Waals surface area (Å²) in [6.07, 6.45) is 5.82. The molecule has 1 aromatic carbocycles. The minimum Gasteiger partial charge on any atom is -0.493 e. The molecule has 2 fully saturated rings. The lowest BCUT2D eigenvalue weighted by molar-refractivity contribution is -0.133. The van der Waals surface area contributed by atoms with Crippen LogP contribution in [0.1, 0.15) is 58.4 Å². The van der Waals surface area contributed by atoms with Gasteiger partial charge in [0.15, 0.2) is 17.5 Å². The molecule has 1 aromatic rings. The first-order valence-electron chi connectivity index (χ1n) is 11.7. The largest absolute Gasteiger partial charge is 0.493 e. The average molecular weight is 559 g/mol.